The summed E-state index contributed by atoms with van der Waals surface area (Å²) < 4.78 is 0. The first-order valence-corrected chi connectivity index (χ1v) is 3.30. The average molecular weight is 144 g/mol. The van der Waals surface area contributed by atoms with Crippen LogP contribution >= 0.6 is 0 Å². The first-order valence-electron chi connectivity index (χ1n) is 3.30. The Balaban J connectivity index is 2.40. The van der Waals surface area contributed by atoms with Gasteiger partial charge in [0.15, 0.2) is 0 Å². The van der Waals surface area contributed by atoms with Crippen molar-refractivity contribution in [2.75, 3.05) is 20.1 Å². The average Bonchev–Trinajstić information content (AvgIpc) is 1.78. The third-order valence-electron chi connectivity index (χ3n) is 1.95. The largest absolute Gasteiger partial charge is 0.481 e. The van der Waals surface area contributed by atoms with Gasteiger partial charge in [0.25, 0.3) is 0 Å². The van der Waals surface area contributed by atoms with Crippen LogP contribution in [0.3, 0.4) is 0 Å². The number of hydrogen-bond acceptors (Lipinski definition) is 3. The summed E-state index contributed by atoms with van der Waals surface area (Å²) >= 11 is 0. The van der Waals surface area contributed by atoms with E-state index in [1.807, 2.05) is 0 Å². The van der Waals surface area contributed by atoms with E-state index in [0.29, 0.717) is 0 Å². The first-order chi connectivity index (χ1) is 4.68. The van der Waals surface area contributed by atoms with Crippen molar-refractivity contribution >= 4 is 5.97 Å². The third-order valence-corrected chi connectivity index (χ3v) is 1.95. The van der Waals surface area contributed by atoms with Gasteiger partial charge >= 0.3 is 5.97 Å². The van der Waals surface area contributed by atoms with Crippen LogP contribution in [0, 0.1) is 0 Å². The van der Waals surface area contributed by atoms with E-state index in [9.17, 15) is 4.79 Å². The topological polar surface area (TPSA) is 61.4 Å². The monoisotopic (exact) mass is 144 g/mol. The Morgan fingerprint density at radius 3 is 2.50 bits per heavy atom. The molecule has 0 unspecified atom stereocenters. The van der Waals surface area contributed by atoms with Crippen LogP contribution < -0.4 is 10.6 Å². The van der Waals surface area contributed by atoms with Gasteiger partial charge in [0.05, 0.1) is 12.0 Å². The fraction of sp³-hybridized carbons (Fsp3) is 0.833. The minimum atomic E-state index is -0.740. The predicted octanol–water partition coefficient (Wildman–Crippen LogP) is -0.977. The highest BCUT2D eigenvalue weighted by atomic mass is 16.4. The second kappa shape index (κ2) is 2.56. The van der Waals surface area contributed by atoms with Crippen LogP contribution in [0.2, 0.25) is 0 Å². The van der Waals surface area contributed by atoms with Gasteiger partial charge in [0.2, 0.25) is 0 Å². The summed E-state index contributed by atoms with van der Waals surface area (Å²) in [5.41, 5.74) is -0.175. The van der Waals surface area contributed by atoms with Crippen molar-refractivity contribution in [2.24, 2.45) is 0 Å². The summed E-state index contributed by atoms with van der Waals surface area (Å²) in [7, 11) is 1.80. The van der Waals surface area contributed by atoms with E-state index in [1.54, 1.807) is 7.05 Å². The molecule has 4 nitrogen and oxygen atoms in total. The lowest BCUT2D eigenvalue weighted by atomic mass is 9.89. The molecule has 1 saturated heterocycles. The van der Waals surface area contributed by atoms with Crippen molar-refractivity contribution < 1.29 is 9.90 Å². The molecule has 0 aromatic rings. The van der Waals surface area contributed by atoms with Crippen LogP contribution in [0.5, 0.6) is 0 Å². The Labute approximate surface area is 59.6 Å². The highest BCUT2D eigenvalue weighted by molar-refractivity contribution is 5.68. The zero-order chi connectivity index (χ0) is 7.61. The molecule has 10 heavy (non-hydrogen) atoms. The lowest BCUT2D eigenvalue weighted by molar-refractivity contribution is -0.139. The smallest absolute Gasteiger partial charge is 0.305 e. The molecule has 0 atom stereocenters. The molecule has 4 heteroatoms. The van der Waals surface area contributed by atoms with E-state index >= 15 is 0 Å². The Kier molecular flexibility index (Phi) is 1.92. The molecule has 1 aliphatic rings. The van der Waals surface area contributed by atoms with Gasteiger partial charge < -0.3 is 15.7 Å². The predicted molar refractivity (Wildman–Crippen MR) is 36.9 cm³/mol. The third kappa shape index (κ3) is 1.27. The fourth-order valence-electron chi connectivity index (χ4n) is 1.11. The number of carbonyl (C=O) groups is 1. The van der Waals surface area contributed by atoms with Crippen molar-refractivity contribution in [3.63, 3.8) is 0 Å². The van der Waals surface area contributed by atoms with E-state index in [-0.39, 0.29) is 12.0 Å². The number of aliphatic carboxylic acids is 1. The maximum atomic E-state index is 10.3. The van der Waals surface area contributed by atoms with Crippen LogP contribution in [-0.2, 0) is 4.79 Å². The van der Waals surface area contributed by atoms with Crippen LogP contribution in [0.1, 0.15) is 6.42 Å². The van der Waals surface area contributed by atoms with E-state index in [4.69, 9.17) is 5.11 Å². The van der Waals surface area contributed by atoms with Crippen LogP contribution in [-0.4, -0.2) is 36.8 Å². The van der Waals surface area contributed by atoms with Crippen molar-refractivity contribution in [2.45, 2.75) is 12.0 Å². The van der Waals surface area contributed by atoms with E-state index in [2.05, 4.69) is 10.6 Å². The molecule has 1 rings (SSSR count). The molecule has 58 valence electrons. The summed E-state index contributed by atoms with van der Waals surface area (Å²) in [6, 6.07) is 0. The van der Waals surface area contributed by atoms with Gasteiger partial charge in [-0.1, -0.05) is 0 Å². The SMILES string of the molecule is CNC1(CC(=O)O)CNC1. The van der Waals surface area contributed by atoms with Crippen molar-refractivity contribution in [1.29, 1.82) is 0 Å². The summed E-state index contributed by atoms with van der Waals surface area (Å²) in [5.74, 6) is -0.740. The normalized spacial score (nSPS) is 21.7. The summed E-state index contributed by atoms with van der Waals surface area (Å²) in [6.45, 7) is 1.52. The summed E-state index contributed by atoms with van der Waals surface area (Å²) in [5, 5.41) is 14.5. The summed E-state index contributed by atoms with van der Waals surface area (Å²) in [4.78, 5) is 10.3. The minimum Gasteiger partial charge on any atom is -0.481 e. The maximum Gasteiger partial charge on any atom is 0.305 e. The van der Waals surface area contributed by atoms with Gasteiger partial charge in [-0.3, -0.25) is 4.79 Å². The number of nitrogens with one attached hydrogen (secondary N) is 2. The Morgan fingerprint density at radius 1 is 1.80 bits per heavy atom. The van der Waals surface area contributed by atoms with Crippen molar-refractivity contribution in [3.05, 3.63) is 0 Å². The Hall–Kier alpha value is -0.610. The quantitative estimate of drug-likeness (QED) is 0.476. The standard InChI is InChI=1S/C6H12N2O2/c1-7-6(2-5(9)10)3-8-4-6/h7-8H,2-4H2,1H3,(H,9,10). The number of carboxylic acids is 1. The highest BCUT2D eigenvalue weighted by Gasteiger charge is 2.37. The lowest BCUT2D eigenvalue weighted by Gasteiger charge is -2.41. The molecule has 0 aromatic carbocycles. The van der Waals surface area contributed by atoms with Gasteiger partial charge in [0, 0.05) is 13.1 Å². The number of rotatable bonds is 3. The molecule has 1 fully saturated rings. The molecule has 0 aliphatic carbocycles. The van der Waals surface area contributed by atoms with Crippen molar-refractivity contribution in [1.82, 2.24) is 10.6 Å². The molecule has 0 spiro atoms. The molecular weight excluding hydrogens is 132 g/mol. The van der Waals surface area contributed by atoms with E-state index in [0.717, 1.165) is 13.1 Å². The Bertz CT molecular complexity index is 137. The zero-order valence-electron chi connectivity index (χ0n) is 5.98. The van der Waals surface area contributed by atoms with Gasteiger partial charge in [-0.05, 0) is 7.05 Å². The number of hydrogen-bond donors (Lipinski definition) is 3. The zero-order valence-corrected chi connectivity index (χ0v) is 5.98. The second-order valence-electron chi connectivity index (χ2n) is 2.70. The molecule has 1 aliphatic heterocycles. The minimum absolute atomic E-state index is 0.175. The van der Waals surface area contributed by atoms with Gasteiger partial charge in [-0.2, -0.15) is 0 Å². The number of likely N-dealkylation sites (N-methyl/N-ethyl adjacent to an activating group) is 1. The lowest BCUT2D eigenvalue weighted by Crippen LogP contribution is -2.67. The molecule has 0 saturated carbocycles. The van der Waals surface area contributed by atoms with Gasteiger partial charge in [-0.25, -0.2) is 0 Å². The molecular formula is C6H12N2O2. The van der Waals surface area contributed by atoms with Gasteiger partial charge in [-0.15, -0.1) is 0 Å². The fourth-order valence-corrected chi connectivity index (χ4v) is 1.11. The van der Waals surface area contributed by atoms with Crippen LogP contribution in [0.25, 0.3) is 0 Å². The Morgan fingerprint density at radius 2 is 2.40 bits per heavy atom. The first kappa shape index (κ1) is 7.50. The van der Waals surface area contributed by atoms with Crippen molar-refractivity contribution in [3.8, 4) is 0 Å². The molecule has 0 bridgehead atoms. The number of carboxylic acid groups (broad SMARTS) is 1. The van der Waals surface area contributed by atoms with Gasteiger partial charge in [0.1, 0.15) is 0 Å². The summed E-state index contributed by atoms with van der Waals surface area (Å²) in [6.07, 6.45) is 0.205. The molecule has 0 aromatic heterocycles. The molecule has 0 radical (unpaired) electrons. The highest BCUT2D eigenvalue weighted by Crippen LogP contribution is 2.14. The van der Waals surface area contributed by atoms with Crippen LogP contribution in [0.15, 0.2) is 0 Å². The molecule has 1 heterocycles. The maximum absolute atomic E-state index is 10.3. The van der Waals surface area contributed by atoms with E-state index < -0.39 is 5.97 Å². The van der Waals surface area contributed by atoms with Crippen LogP contribution in [0.4, 0.5) is 0 Å². The second-order valence-corrected chi connectivity index (χ2v) is 2.70. The molecule has 0 amide bonds. The van der Waals surface area contributed by atoms with E-state index in [1.165, 1.54) is 0 Å². The molecule has 3 N–H and O–H groups in total.